The molecule has 0 aliphatic heterocycles. The molecule has 2 rings (SSSR count). The van der Waals surface area contributed by atoms with Crippen molar-refractivity contribution in [1.29, 1.82) is 0 Å². The molecule has 1 aromatic heterocycles. The Bertz CT molecular complexity index is 392. The molecule has 1 aromatic carbocycles. The molecule has 0 spiro atoms. The van der Waals surface area contributed by atoms with E-state index in [0.29, 0.717) is 10.7 Å². The number of anilines is 1. The number of nitrogens with two attached hydrogens (primary N) is 1. The Hall–Kier alpha value is -1.15. The topological polar surface area (TPSA) is 41.8 Å². The van der Waals surface area contributed by atoms with Gasteiger partial charge < -0.3 is 10.7 Å². The van der Waals surface area contributed by atoms with Crippen LogP contribution in [0.3, 0.4) is 0 Å². The maximum absolute atomic E-state index is 5.78. The number of fused-ring (bicyclic) bond motifs is 1. The van der Waals surface area contributed by atoms with Crippen molar-refractivity contribution in [2.75, 3.05) is 5.73 Å². The van der Waals surface area contributed by atoms with Gasteiger partial charge in [-0.05, 0) is 18.2 Å². The lowest BCUT2D eigenvalue weighted by molar-refractivity contribution is 1.48. The highest BCUT2D eigenvalue weighted by Crippen LogP contribution is 2.24. The Morgan fingerprint density at radius 3 is 3.00 bits per heavy atom. The summed E-state index contributed by atoms with van der Waals surface area (Å²) in [7, 11) is 0. The second-order valence-electron chi connectivity index (χ2n) is 2.43. The Morgan fingerprint density at radius 1 is 1.36 bits per heavy atom. The minimum Gasteiger partial charge on any atom is -0.398 e. The van der Waals surface area contributed by atoms with E-state index < -0.39 is 0 Å². The van der Waals surface area contributed by atoms with E-state index in [0.717, 1.165) is 10.9 Å². The van der Waals surface area contributed by atoms with Crippen LogP contribution in [0.25, 0.3) is 10.9 Å². The van der Waals surface area contributed by atoms with Gasteiger partial charge in [-0.2, -0.15) is 0 Å². The van der Waals surface area contributed by atoms with E-state index in [1.807, 2.05) is 18.3 Å². The summed E-state index contributed by atoms with van der Waals surface area (Å²) in [6, 6.07) is 5.53. The van der Waals surface area contributed by atoms with Crippen LogP contribution in [0, 0.1) is 0 Å². The summed E-state index contributed by atoms with van der Waals surface area (Å²) >= 11 is 5.78. The number of hydrogen-bond donors (Lipinski definition) is 2. The third kappa shape index (κ3) is 0.955. The number of benzene rings is 1. The average molecular weight is 167 g/mol. The van der Waals surface area contributed by atoms with Crippen LogP contribution >= 0.6 is 11.6 Å². The third-order valence-corrected chi connectivity index (χ3v) is 1.88. The lowest BCUT2D eigenvalue weighted by atomic mass is 10.2. The SMILES string of the molecule is Nc1cc(Cl)cc2[nH]ccc12. The standard InChI is InChI=1S/C8H7ClN2/c9-5-3-7(10)6-1-2-11-8(6)4-5/h1-4,11H,10H2. The summed E-state index contributed by atoms with van der Waals surface area (Å²) in [5, 5.41) is 1.69. The molecule has 3 N–H and O–H groups in total. The van der Waals surface area contributed by atoms with Gasteiger partial charge in [-0.25, -0.2) is 0 Å². The maximum atomic E-state index is 5.78. The molecule has 0 saturated carbocycles. The highest BCUT2D eigenvalue weighted by Gasteiger charge is 1.99. The molecule has 2 aromatic rings. The highest BCUT2D eigenvalue weighted by atomic mass is 35.5. The van der Waals surface area contributed by atoms with Gasteiger partial charge in [0.25, 0.3) is 0 Å². The molecule has 56 valence electrons. The van der Waals surface area contributed by atoms with Gasteiger partial charge in [0.05, 0.1) is 0 Å². The van der Waals surface area contributed by atoms with Gasteiger partial charge in [-0.1, -0.05) is 11.6 Å². The van der Waals surface area contributed by atoms with Gasteiger partial charge in [0.2, 0.25) is 0 Å². The monoisotopic (exact) mass is 166 g/mol. The van der Waals surface area contributed by atoms with E-state index >= 15 is 0 Å². The van der Waals surface area contributed by atoms with Gasteiger partial charge in [-0.3, -0.25) is 0 Å². The first kappa shape index (κ1) is 6.55. The molecule has 0 fully saturated rings. The van der Waals surface area contributed by atoms with Gasteiger partial charge in [-0.15, -0.1) is 0 Å². The molecule has 0 aliphatic rings. The van der Waals surface area contributed by atoms with Crippen LogP contribution < -0.4 is 5.73 Å². The van der Waals surface area contributed by atoms with E-state index in [1.165, 1.54) is 0 Å². The predicted octanol–water partition coefficient (Wildman–Crippen LogP) is 2.40. The van der Waals surface area contributed by atoms with Crippen molar-refractivity contribution in [3.05, 3.63) is 29.4 Å². The van der Waals surface area contributed by atoms with Gasteiger partial charge in [0.15, 0.2) is 0 Å². The number of nitrogens with one attached hydrogen (secondary N) is 1. The summed E-state index contributed by atoms with van der Waals surface area (Å²) in [6.45, 7) is 0. The number of aromatic nitrogens is 1. The van der Waals surface area contributed by atoms with E-state index in [9.17, 15) is 0 Å². The Balaban J connectivity index is 2.91. The fourth-order valence-corrected chi connectivity index (χ4v) is 1.39. The molecule has 0 radical (unpaired) electrons. The van der Waals surface area contributed by atoms with Crippen LogP contribution in [-0.2, 0) is 0 Å². The summed E-state index contributed by atoms with van der Waals surface area (Å²) in [4.78, 5) is 3.04. The fourth-order valence-electron chi connectivity index (χ4n) is 1.16. The molecule has 3 heteroatoms. The van der Waals surface area contributed by atoms with Crippen LogP contribution in [0.4, 0.5) is 5.69 Å². The normalized spacial score (nSPS) is 10.6. The summed E-state index contributed by atoms with van der Waals surface area (Å²) in [5.74, 6) is 0. The number of nitrogen functional groups attached to an aromatic ring is 1. The summed E-state index contributed by atoms with van der Waals surface area (Å²) < 4.78 is 0. The van der Waals surface area contributed by atoms with E-state index in [1.54, 1.807) is 6.07 Å². The molecule has 0 saturated heterocycles. The number of H-pyrrole nitrogens is 1. The Labute approximate surface area is 69.0 Å². The largest absolute Gasteiger partial charge is 0.398 e. The number of aromatic amines is 1. The van der Waals surface area contributed by atoms with Crippen LogP contribution in [-0.4, -0.2) is 4.98 Å². The number of hydrogen-bond acceptors (Lipinski definition) is 1. The predicted molar refractivity (Wildman–Crippen MR) is 47.7 cm³/mol. The molecular formula is C8H7ClN2. The molecular weight excluding hydrogens is 160 g/mol. The van der Waals surface area contributed by atoms with Gasteiger partial charge in [0.1, 0.15) is 0 Å². The zero-order valence-electron chi connectivity index (χ0n) is 5.76. The zero-order valence-corrected chi connectivity index (χ0v) is 6.52. The maximum Gasteiger partial charge on any atom is 0.0489 e. The highest BCUT2D eigenvalue weighted by molar-refractivity contribution is 6.31. The van der Waals surface area contributed by atoms with Crippen molar-refractivity contribution in [3.8, 4) is 0 Å². The first-order valence-electron chi connectivity index (χ1n) is 3.29. The number of halogens is 1. The van der Waals surface area contributed by atoms with Crippen LogP contribution in [0.1, 0.15) is 0 Å². The summed E-state index contributed by atoms with van der Waals surface area (Å²) in [6.07, 6.45) is 1.84. The molecule has 0 bridgehead atoms. The third-order valence-electron chi connectivity index (χ3n) is 1.67. The van der Waals surface area contributed by atoms with E-state index in [-0.39, 0.29) is 0 Å². The quantitative estimate of drug-likeness (QED) is 0.580. The summed E-state index contributed by atoms with van der Waals surface area (Å²) in [5.41, 5.74) is 7.39. The zero-order chi connectivity index (χ0) is 7.84. The number of rotatable bonds is 0. The minimum atomic E-state index is 0.664. The average Bonchev–Trinajstić information content (AvgIpc) is 2.34. The van der Waals surface area contributed by atoms with E-state index in [2.05, 4.69) is 4.98 Å². The lowest BCUT2D eigenvalue weighted by Crippen LogP contribution is -1.84. The Morgan fingerprint density at radius 2 is 2.18 bits per heavy atom. The van der Waals surface area contributed by atoms with Crippen molar-refractivity contribution in [2.24, 2.45) is 0 Å². The first-order chi connectivity index (χ1) is 5.27. The van der Waals surface area contributed by atoms with Crippen molar-refractivity contribution < 1.29 is 0 Å². The molecule has 0 amide bonds. The van der Waals surface area contributed by atoms with Crippen molar-refractivity contribution >= 4 is 28.2 Å². The Kier molecular flexibility index (Phi) is 1.29. The molecule has 0 aliphatic carbocycles. The molecule has 0 atom stereocenters. The van der Waals surface area contributed by atoms with Crippen molar-refractivity contribution in [2.45, 2.75) is 0 Å². The van der Waals surface area contributed by atoms with E-state index in [4.69, 9.17) is 17.3 Å². The van der Waals surface area contributed by atoms with Gasteiger partial charge in [0, 0.05) is 27.8 Å². The van der Waals surface area contributed by atoms with Gasteiger partial charge >= 0.3 is 0 Å². The molecule has 1 heterocycles. The fraction of sp³-hybridized carbons (Fsp3) is 0. The second-order valence-corrected chi connectivity index (χ2v) is 2.87. The van der Waals surface area contributed by atoms with Crippen LogP contribution in [0.2, 0.25) is 5.02 Å². The lowest BCUT2D eigenvalue weighted by Gasteiger charge is -1.96. The molecule has 11 heavy (non-hydrogen) atoms. The second kappa shape index (κ2) is 2.17. The van der Waals surface area contributed by atoms with Crippen LogP contribution in [0.5, 0.6) is 0 Å². The van der Waals surface area contributed by atoms with Crippen molar-refractivity contribution in [1.82, 2.24) is 4.98 Å². The first-order valence-corrected chi connectivity index (χ1v) is 3.67. The smallest absolute Gasteiger partial charge is 0.0489 e. The van der Waals surface area contributed by atoms with Crippen molar-refractivity contribution in [3.63, 3.8) is 0 Å². The molecule has 0 unspecified atom stereocenters. The molecule has 2 nitrogen and oxygen atoms in total. The minimum absolute atomic E-state index is 0.664. The van der Waals surface area contributed by atoms with Crippen LogP contribution in [0.15, 0.2) is 24.4 Å².